The smallest absolute Gasteiger partial charge is 0.161 e. The van der Waals surface area contributed by atoms with Crippen molar-refractivity contribution in [1.29, 1.82) is 0 Å². The van der Waals surface area contributed by atoms with Crippen molar-refractivity contribution in [1.82, 2.24) is 4.98 Å². The number of benzene rings is 2. The molecule has 0 bridgehead atoms. The minimum absolute atomic E-state index is 0.191. The van der Waals surface area contributed by atoms with Gasteiger partial charge in [-0.25, -0.2) is 17.8 Å². The molecule has 0 fully saturated rings. The highest BCUT2D eigenvalue weighted by Gasteiger charge is 2.21. The minimum Gasteiger partial charge on any atom is -0.493 e. The van der Waals surface area contributed by atoms with Gasteiger partial charge in [-0.3, -0.25) is 0 Å². The van der Waals surface area contributed by atoms with E-state index in [1.54, 1.807) is 48.7 Å². The SMILES string of the molecule is CCOc1cc([C@@H](CS(C)(=O)=O)Nc2nccc(Cc3ccccc3F)c2N)ccc1OC. The predicted octanol–water partition coefficient (Wildman–Crippen LogP) is 4.00. The van der Waals surface area contributed by atoms with Gasteiger partial charge in [0, 0.05) is 18.9 Å². The van der Waals surface area contributed by atoms with Crippen LogP contribution < -0.4 is 20.5 Å². The van der Waals surface area contributed by atoms with Crippen molar-refractivity contribution in [2.24, 2.45) is 0 Å². The van der Waals surface area contributed by atoms with E-state index in [2.05, 4.69) is 10.3 Å². The quantitative estimate of drug-likeness (QED) is 0.459. The molecule has 0 saturated heterocycles. The van der Waals surface area contributed by atoms with Crippen LogP contribution >= 0.6 is 0 Å². The van der Waals surface area contributed by atoms with Crippen molar-refractivity contribution in [3.63, 3.8) is 0 Å². The second kappa shape index (κ2) is 10.5. The van der Waals surface area contributed by atoms with Crippen molar-refractivity contribution >= 4 is 21.3 Å². The molecule has 2 aromatic carbocycles. The van der Waals surface area contributed by atoms with Crippen molar-refractivity contribution < 1.29 is 22.3 Å². The Labute approximate surface area is 193 Å². The maximum Gasteiger partial charge on any atom is 0.161 e. The fourth-order valence-corrected chi connectivity index (χ4v) is 4.38. The lowest BCUT2D eigenvalue weighted by Gasteiger charge is -2.22. The normalized spacial score (nSPS) is 12.2. The predicted molar refractivity (Wildman–Crippen MR) is 128 cm³/mol. The highest BCUT2D eigenvalue weighted by atomic mass is 32.2. The third-order valence-electron chi connectivity index (χ3n) is 5.09. The number of anilines is 2. The number of rotatable bonds is 10. The zero-order chi connectivity index (χ0) is 24.0. The molecule has 176 valence electrons. The van der Waals surface area contributed by atoms with Crippen molar-refractivity contribution in [2.45, 2.75) is 19.4 Å². The van der Waals surface area contributed by atoms with Crippen LogP contribution in [-0.4, -0.2) is 39.1 Å². The molecule has 7 nitrogen and oxygen atoms in total. The average Bonchev–Trinajstić information content (AvgIpc) is 2.76. The van der Waals surface area contributed by atoms with Gasteiger partial charge in [0.1, 0.15) is 21.5 Å². The maximum atomic E-state index is 14.1. The first-order chi connectivity index (χ1) is 15.7. The number of nitrogens with zero attached hydrogens (tertiary/aromatic N) is 1. The van der Waals surface area contributed by atoms with Gasteiger partial charge in [-0.05, 0) is 47.9 Å². The Morgan fingerprint density at radius 1 is 1.12 bits per heavy atom. The third kappa shape index (κ3) is 6.35. The highest BCUT2D eigenvalue weighted by molar-refractivity contribution is 7.90. The fourth-order valence-electron chi connectivity index (χ4n) is 3.50. The summed E-state index contributed by atoms with van der Waals surface area (Å²) in [5.41, 5.74) is 8.54. The van der Waals surface area contributed by atoms with Crippen LogP contribution in [0.25, 0.3) is 0 Å². The lowest BCUT2D eigenvalue weighted by atomic mass is 10.0. The summed E-state index contributed by atoms with van der Waals surface area (Å²) in [6, 6.07) is 12.8. The summed E-state index contributed by atoms with van der Waals surface area (Å²) in [5, 5.41) is 3.16. The molecule has 3 aromatic rings. The Kier molecular flexibility index (Phi) is 7.75. The summed E-state index contributed by atoms with van der Waals surface area (Å²) in [6.07, 6.45) is 3.01. The third-order valence-corrected chi connectivity index (χ3v) is 6.03. The van der Waals surface area contributed by atoms with Crippen molar-refractivity contribution in [2.75, 3.05) is 36.8 Å². The van der Waals surface area contributed by atoms with Gasteiger partial charge in [-0.2, -0.15) is 0 Å². The molecule has 0 aliphatic heterocycles. The van der Waals surface area contributed by atoms with Crippen LogP contribution in [0.2, 0.25) is 0 Å². The van der Waals surface area contributed by atoms with E-state index >= 15 is 0 Å². The molecule has 0 radical (unpaired) electrons. The molecule has 0 saturated carbocycles. The largest absolute Gasteiger partial charge is 0.493 e. The Morgan fingerprint density at radius 3 is 2.55 bits per heavy atom. The number of hydrogen-bond donors (Lipinski definition) is 2. The van der Waals surface area contributed by atoms with Gasteiger partial charge in [-0.15, -0.1) is 0 Å². The summed E-state index contributed by atoms with van der Waals surface area (Å²) >= 11 is 0. The van der Waals surface area contributed by atoms with Gasteiger partial charge < -0.3 is 20.5 Å². The molecule has 0 amide bonds. The molecule has 1 heterocycles. The van der Waals surface area contributed by atoms with Gasteiger partial charge in [0.25, 0.3) is 0 Å². The van der Waals surface area contributed by atoms with Gasteiger partial charge in [0.2, 0.25) is 0 Å². The molecule has 1 atom stereocenters. The second-order valence-electron chi connectivity index (χ2n) is 7.63. The first-order valence-corrected chi connectivity index (χ1v) is 12.5. The summed E-state index contributed by atoms with van der Waals surface area (Å²) in [7, 11) is -1.83. The first kappa shape index (κ1) is 24.3. The number of pyridine rings is 1. The van der Waals surface area contributed by atoms with E-state index in [0.29, 0.717) is 46.3 Å². The van der Waals surface area contributed by atoms with E-state index < -0.39 is 15.9 Å². The van der Waals surface area contributed by atoms with E-state index in [0.717, 1.165) is 0 Å². The number of ether oxygens (including phenoxy) is 2. The number of sulfone groups is 1. The Morgan fingerprint density at radius 2 is 1.88 bits per heavy atom. The highest BCUT2D eigenvalue weighted by Crippen LogP contribution is 2.33. The molecule has 0 aliphatic carbocycles. The molecular formula is C24H28FN3O4S. The summed E-state index contributed by atoms with van der Waals surface area (Å²) in [4.78, 5) is 4.31. The van der Waals surface area contributed by atoms with Crippen molar-refractivity contribution in [3.05, 3.63) is 77.2 Å². The summed E-state index contributed by atoms with van der Waals surface area (Å²) in [6.45, 7) is 2.28. The van der Waals surface area contributed by atoms with Crippen LogP contribution in [0.4, 0.5) is 15.9 Å². The van der Waals surface area contributed by atoms with Crippen LogP contribution in [0.15, 0.2) is 54.7 Å². The average molecular weight is 474 g/mol. The van der Waals surface area contributed by atoms with E-state index in [9.17, 15) is 12.8 Å². The number of hydrogen-bond acceptors (Lipinski definition) is 7. The molecule has 1 aromatic heterocycles. The van der Waals surface area contributed by atoms with Gasteiger partial charge >= 0.3 is 0 Å². The van der Waals surface area contributed by atoms with E-state index in [1.807, 2.05) is 6.92 Å². The van der Waals surface area contributed by atoms with Crippen LogP contribution in [-0.2, 0) is 16.3 Å². The Bertz CT molecular complexity index is 1220. The monoisotopic (exact) mass is 473 g/mol. The van der Waals surface area contributed by atoms with Crippen LogP contribution in [0.5, 0.6) is 11.5 Å². The summed E-state index contributed by atoms with van der Waals surface area (Å²) in [5.74, 6) is 0.866. The van der Waals surface area contributed by atoms with Crippen molar-refractivity contribution in [3.8, 4) is 11.5 Å². The van der Waals surface area contributed by atoms with Gasteiger partial charge in [0.15, 0.2) is 11.5 Å². The Hall–Kier alpha value is -3.33. The molecule has 3 N–H and O–H groups in total. The zero-order valence-electron chi connectivity index (χ0n) is 18.8. The van der Waals surface area contributed by atoms with Gasteiger partial charge in [-0.1, -0.05) is 24.3 Å². The van der Waals surface area contributed by atoms with Crippen LogP contribution in [0.3, 0.4) is 0 Å². The van der Waals surface area contributed by atoms with E-state index in [4.69, 9.17) is 15.2 Å². The van der Waals surface area contributed by atoms with Gasteiger partial charge in [0.05, 0.1) is 31.2 Å². The number of aromatic nitrogens is 1. The molecule has 33 heavy (non-hydrogen) atoms. The number of nitrogens with two attached hydrogens (primary N) is 1. The first-order valence-electron chi connectivity index (χ1n) is 10.4. The number of nitrogen functional groups attached to an aromatic ring is 1. The van der Waals surface area contributed by atoms with Crippen LogP contribution in [0.1, 0.15) is 29.7 Å². The fraction of sp³-hybridized carbons (Fsp3) is 0.292. The lowest BCUT2D eigenvalue weighted by molar-refractivity contribution is 0.310. The Balaban J connectivity index is 1.96. The molecule has 3 rings (SSSR count). The molecule has 0 aliphatic rings. The number of methoxy groups -OCH3 is 1. The van der Waals surface area contributed by atoms with E-state index in [1.165, 1.54) is 19.4 Å². The topological polar surface area (TPSA) is 104 Å². The molecule has 9 heteroatoms. The second-order valence-corrected chi connectivity index (χ2v) is 9.82. The van der Waals surface area contributed by atoms with E-state index in [-0.39, 0.29) is 18.0 Å². The standard InChI is InChI=1S/C24H28FN3O4S/c1-4-32-22-14-17(9-10-21(22)31-2)20(15-33(3,29)30)28-24-23(26)18(11-12-27-24)13-16-7-5-6-8-19(16)25/h5-12,14,20H,4,13,15,26H2,1-3H3,(H,27,28)/t20-/m1/s1. The molecule has 0 spiro atoms. The number of halogens is 1. The maximum absolute atomic E-state index is 14.1. The lowest BCUT2D eigenvalue weighted by Crippen LogP contribution is -2.22. The summed E-state index contributed by atoms with van der Waals surface area (Å²) < 4.78 is 49.5. The van der Waals surface area contributed by atoms with Crippen LogP contribution in [0, 0.1) is 5.82 Å². The zero-order valence-corrected chi connectivity index (χ0v) is 19.7. The number of nitrogens with one attached hydrogen (secondary N) is 1. The molecule has 0 unspecified atom stereocenters. The molecular weight excluding hydrogens is 445 g/mol. The minimum atomic E-state index is -3.36.